The number of halogens is 1. The van der Waals surface area contributed by atoms with Crippen LogP contribution in [0.4, 0.5) is 10.5 Å². The first-order valence-electron chi connectivity index (χ1n) is 8.16. The third-order valence-corrected chi connectivity index (χ3v) is 3.52. The molecule has 0 saturated carbocycles. The molecule has 0 aliphatic rings. The maximum absolute atomic E-state index is 12.3. The van der Waals surface area contributed by atoms with Gasteiger partial charge in [-0.2, -0.15) is 0 Å². The summed E-state index contributed by atoms with van der Waals surface area (Å²) in [7, 11) is 0. The first-order valence-corrected chi connectivity index (χ1v) is 8.16. The molecule has 0 aliphatic heterocycles. The molecule has 1 aromatic carbocycles. The quantitative estimate of drug-likeness (QED) is 0.519. The average Bonchev–Trinajstić information content (AvgIpc) is 2.51. The molecule has 0 fully saturated rings. The van der Waals surface area contributed by atoms with Crippen LogP contribution < -0.4 is 27.9 Å². The van der Waals surface area contributed by atoms with Crippen LogP contribution in [0, 0.1) is 0 Å². The zero-order valence-electron chi connectivity index (χ0n) is 14.8. The molecule has 0 unspecified atom stereocenters. The van der Waals surface area contributed by atoms with Crippen molar-refractivity contribution in [3.05, 3.63) is 29.8 Å². The summed E-state index contributed by atoms with van der Waals surface area (Å²) < 4.78 is 5.05. The van der Waals surface area contributed by atoms with Crippen molar-refractivity contribution in [3.8, 4) is 0 Å². The van der Waals surface area contributed by atoms with Crippen LogP contribution in [0.25, 0.3) is 0 Å². The Hall–Kier alpha value is -1.79. The summed E-state index contributed by atoms with van der Waals surface area (Å²) in [5, 5.41) is 5.52. The van der Waals surface area contributed by atoms with Gasteiger partial charge in [0, 0.05) is 0 Å². The topological polar surface area (TPSA) is 71.9 Å². The van der Waals surface area contributed by atoms with Crippen LogP contribution in [0.2, 0.25) is 0 Å². The van der Waals surface area contributed by atoms with E-state index in [-0.39, 0.29) is 24.4 Å². The number of benzene rings is 1. The number of carbonyl (C=O) groups excluding carboxylic acids is 2. The molecule has 1 rings (SSSR count). The van der Waals surface area contributed by atoms with Crippen molar-refractivity contribution in [2.45, 2.75) is 33.8 Å². The van der Waals surface area contributed by atoms with Crippen LogP contribution in [0.15, 0.2) is 24.3 Å². The Morgan fingerprint density at radius 3 is 2.38 bits per heavy atom. The van der Waals surface area contributed by atoms with E-state index in [4.69, 9.17) is 4.74 Å². The highest BCUT2D eigenvalue weighted by Crippen LogP contribution is 2.15. The molecule has 24 heavy (non-hydrogen) atoms. The Kier molecular flexibility index (Phi) is 10.8. The van der Waals surface area contributed by atoms with Gasteiger partial charge in [0.25, 0.3) is 5.91 Å². The second-order valence-electron chi connectivity index (χ2n) is 5.59. The number of nitrogens with one attached hydrogen (secondary N) is 3. The number of hydrogen-bond acceptors (Lipinski definition) is 3. The molecular formula is C17H28ClN3O3. The summed E-state index contributed by atoms with van der Waals surface area (Å²) >= 11 is 0. The first kappa shape index (κ1) is 22.2. The van der Waals surface area contributed by atoms with E-state index >= 15 is 0 Å². The highest BCUT2D eigenvalue weighted by molar-refractivity contribution is 6.02. The Balaban J connectivity index is 0.00000529. The van der Waals surface area contributed by atoms with Gasteiger partial charge in [-0.25, -0.2) is 4.79 Å². The normalized spacial score (nSPS) is 10.2. The van der Waals surface area contributed by atoms with Gasteiger partial charge in [0.2, 0.25) is 0 Å². The monoisotopic (exact) mass is 357 g/mol. The molecule has 2 amide bonds. The summed E-state index contributed by atoms with van der Waals surface area (Å²) in [4.78, 5) is 25.5. The third kappa shape index (κ3) is 7.66. The molecule has 0 saturated heterocycles. The van der Waals surface area contributed by atoms with E-state index in [0.717, 1.165) is 19.6 Å². The highest BCUT2D eigenvalue weighted by Gasteiger charge is 2.14. The fraction of sp³-hybridized carbons (Fsp3) is 0.529. The van der Waals surface area contributed by atoms with Crippen molar-refractivity contribution in [1.82, 2.24) is 5.32 Å². The van der Waals surface area contributed by atoms with E-state index in [1.807, 2.05) is 0 Å². The zero-order valence-corrected chi connectivity index (χ0v) is 15.6. The number of amides is 2. The number of hydrogen-bond donors (Lipinski definition) is 3. The van der Waals surface area contributed by atoms with Crippen LogP contribution in [0.5, 0.6) is 0 Å². The predicted molar refractivity (Wildman–Crippen MR) is 90.9 cm³/mol. The lowest BCUT2D eigenvalue weighted by atomic mass is 10.1. The lowest BCUT2D eigenvalue weighted by Crippen LogP contribution is -3.12. The van der Waals surface area contributed by atoms with Crippen LogP contribution in [-0.4, -0.2) is 44.3 Å². The van der Waals surface area contributed by atoms with Crippen LogP contribution in [0.1, 0.15) is 38.1 Å². The van der Waals surface area contributed by atoms with E-state index in [2.05, 4.69) is 24.5 Å². The average molecular weight is 358 g/mol. The van der Waals surface area contributed by atoms with E-state index in [1.54, 1.807) is 38.1 Å². The van der Waals surface area contributed by atoms with Crippen molar-refractivity contribution in [2.24, 2.45) is 0 Å². The number of rotatable bonds is 8. The molecule has 0 heterocycles. The lowest BCUT2D eigenvalue weighted by molar-refractivity contribution is -0.895. The minimum atomic E-state index is -0.562. The lowest BCUT2D eigenvalue weighted by Gasteiger charge is -2.16. The SMILES string of the molecule is CC[NH+](CC)CCNC(=O)c1ccccc1NC(=O)OC(C)C.[Cl-]. The minimum Gasteiger partial charge on any atom is -1.00 e. The maximum atomic E-state index is 12.3. The van der Waals surface area contributed by atoms with Gasteiger partial charge in [-0.3, -0.25) is 10.1 Å². The van der Waals surface area contributed by atoms with Gasteiger partial charge >= 0.3 is 6.09 Å². The predicted octanol–water partition coefficient (Wildman–Crippen LogP) is -1.70. The van der Waals surface area contributed by atoms with Crippen LogP contribution in [-0.2, 0) is 4.74 Å². The number of anilines is 1. The van der Waals surface area contributed by atoms with Crippen molar-refractivity contribution in [1.29, 1.82) is 0 Å². The fourth-order valence-electron chi connectivity index (χ4n) is 2.20. The van der Waals surface area contributed by atoms with Crippen molar-refractivity contribution >= 4 is 17.7 Å². The van der Waals surface area contributed by atoms with Gasteiger partial charge in [0.05, 0.1) is 43.5 Å². The molecule has 0 aliphatic carbocycles. The van der Waals surface area contributed by atoms with Crippen LogP contribution >= 0.6 is 0 Å². The van der Waals surface area contributed by atoms with Crippen molar-refractivity contribution < 1.29 is 31.6 Å². The Labute approximate surface area is 150 Å². The molecule has 0 atom stereocenters. The molecule has 1 aromatic rings. The summed E-state index contributed by atoms with van der Waals surface area (Å²) in [6.07, 6.45) is -0.777. The van der Waals surface area contributed by atoms with Crippen LogP contribution in [0.3, 0.4) is 0 Å². The molecule has 0 spiro atoms. The number of ether oxygens (including phenoxy) is 1. The van der Waals surface area contributed by atoms with Gasteiger partial charge in [-0.1, -0.05) is 12.1 Å². The summed E-state index contributed by atoms with van der Waals surface area (Å²) in [6.45, 7) is 11.3. The van der Waals surface area contributed by atoms with Gasteiger partial charge in [-0.15, -0.1) is 0 Å². The molecule has 3 N–H and O–H groups in total. The minimum absolute atomic E-state index is 0. The molecule has 7 heteroatoms. The smallest absolute Gasteiger partial charge is 0.411 e. The van der Waals surface area contributed by atoms with Gasteiger partial charge in [-0.05, 0) is 39.8 Å². The Morgan fingerprint density at radius 2 is 1.79 bits per heavy atom. The third-order valence-electron chi connectivity index (χ3n) is 3.52. The molecule has 136 valence electrons. The maximum Gasteiger partial charge on any atom is 0.411 e. The standard InChI is InChI=1S/C17H27N3O3.ClH/c1-5-20(6-2)12-11-18-16(21)14-9-7-8-10-15(14)19-17(22)23-13(3)4;/h7-10,13H,5-6,11-12H2,1-4H3,(H,18,21)(H,19,22);1H. The number of quaternary nitrogens is 1. The molecule has 0 bridgehead atoms. The van der Waals surface area contributed by atoms with Gasteiger partial charge in [0.1, 0.15) is 0 Å². The van der Waals surface area contributed by atoms with E-state index in [1.165, 1.54) is 4.90 Å². The molecular weight excluding hydrogens is 330 g/mol. The van der Waals surface area contributed by atoms with Crippen molar-refractivity contribution in [2.75, 3.05) is 31.5 Å². The highest BCUT2D eigenvalue weighted by atomic mass is 35.5. The Bertz CT molecular complexity index is 520. The number of carbonyl (C=O) groups is 2. The second-order valence-corrected chi connectivity index (χ2v) is 5.59. The summed E-state index contributed by atoms with van der Waals surface area (Å²) in [5.74, 6) is -0.197. The van der Waals surface area contributed by atoms with E-state index < -0.39 is 6.09 Å². The van der Waals surface area contributed by atoms with Gasteiger partial charge < -0.3 is 27.4 Å². The number of para-hydroxylation sites is 1. The Morgan fingerprint density at radius 1 is 1.17 bits per heavy atom. The second kappa shape index (κ2) is 11.7. The number of likely N-dealkylation sites (N-methyl/N-ethyl adjacent to an activating group) is 1. The zero-order chi connectivity index (χ0) is 17.2. The molecule has 0 aromatic heterocycles. The van der Waals surface area contributed by atoms with Gasteiger partial charge in [0.15, 0.2) is 0 Å². The fourth-order valence-corrected chi connectivity index (χ4v) is 2.20. The summed E-state index contributed by atoms with van der Waals surface area (Å²) in [6, 6.07) is 6.90. The first-order chi connectivity index (χ1) is 11.0. The van der Waals surface area contributed by atoms with E-state index in [9.17, 15) is 9.59 Å². The van der Waals surface area contributed by atoms with Crippen molar-refractivity contribution in [3.63, 3.8) is 0 Å². The molecule has 6 nitrogen and oxygen atoms in total. The largest absolute Gasteiger partial charge is 1.00 e. The van der Waals surface area contributed by atoms with E-state index in [0.29, 0.717) is 17.8 Å². The summed E-state index contributed by atoms with van der Waals surface area (Å²) in [5.41, 5.74) is 0.883. The molecule has 0 radical (unpaired) electrons.